The molecular weight excluding hydrogens is 284 g/mol. The molecule has 1 unspecified atom stereocenters. The van der Waals surface area contributed by atoms with Crippen LogP contribution in [-0.2, 0) is 22.0 Å². The maximum absolute atomic E-state index is 11.7. The van der Waals surface area contributed by atoms with E-state index >= 15 is 0 Å². The summed E-state index contributed by atoms with van der Waals surface area (Å²) in [6, 6.07) is 8.19. The second-order valence-electron chi connectivity index (χ2n) is 5.00. The lowest BCUT2D eigenvalue weighted by Gasteiger charge is -2.04. The Labute approximate surface area is 127 Å². The van der Waals surface area contributed by atoms with Gasteiger partial charge < -0.3 is 10.3 Å². The van der Waals surface area contributed by atoms with Crippen molar-refractivity contribution >= 4 is 27.6 Å². The van der Waals surface area contributed by atoms with E-state index in [1.807, 2.05) is 25.3 Å². The van der Waals surface area contributed by atoms with Gasteiger partial charge in [-0.2, -0.15) is 0 Å². The van der Waals surface area contributed by atoms with Gasteiger partial charge in [0.15, 0.2) is 0 Å². The van der Waals surface area contributed by atoms with Crippen molar-refractivity contribution in [3.05, 3.63) is 36.0 Å². The topological polar surface area (TPSA) is 62.0 Å². The molecule has 0 radical (unpaired) electrons. The van der Waals surface area contributed by atoms with Gasteiger partial charge in [-0.3, -0.25) is 9.00 Å². The molecule has 0 fully saturated rings. The van der Waals surface area contributed by atoms with Gasteiger partial charge in [0.1, 0.15) is 0 Å². The summed E-state index contributed by atoms with van der Waals surface area (Å²) < 4.78 is 11.2. The lowest BCUT2D eigenvalue weighted by Crippen LogP contribution is -2.27. The number of aryl methyl sites for hydroxylation is 1. The first-order valence-corrected chi connectivity index (χ1v) is 8.86. The lowest BCUT2D eigenvalue weighted by molar-refractivity contribution is -0.121. The minimum atomic E-state index is -0.808. The summed E-state index contributed by atoms with van der Waals surface area (Å²) in [5.74, 6) is 1.24. The van der Waals surface area contributed by atoms with Crippen LogP contribution in [0.5, 0.6) is 0 Å². The molecule has 0 saturated heterocycles. The predicted molar refractivity (Wildman–Crippen MR) is 87.8 cm³/mol. The van der Waals surface area contributed by atoms with Crippen molar-refractivity contribution in [1.82, 2.24) is 10.3 Å². The van der Waals surface area contributed by atoms with Gasteiger partial charge in [-0.15, -0.1) is 0 Å². The fraction of sp³-hybridized carbons (Fsp3) is 0.438. The number of nitrogens with one attached hydrogen (secondary N) is 2. The highest BCUT2D eigenvalue weighted by molar-refractivity contribution is 7.84. The van der Waals surface area contributed by atoms with Crippen molar-refractivity contribution in [3.63, 3.8) is 0 Å². The van der Waals surface area contributed by atoms with E-state index in [0.29, 0.717) is 24.5 Å². The van der Waals surface area contributed by atoms with Crippen molar-refractivity contribution in [2.45, 2.75) is 26.2 Å². The highest BCUT2D eigenvalue weighted by atomic mass is 32.2. The van der Waals surface area contributed by atoms with Crippen molar-refractivity contribution in [2.75, 3.05) is 18.1 Å². The fourth-order valence-corrected chi connectivity index (χ4v) is 2.93. The third-order valence-electron chi connectivity index (χ3n) is 3.50. The number of para-hydroxylation sites is 1. The molecule has 0 aliphatic carbocycles. The Balaban J connectivity index is 1.72. The Hall–Kier alpha value is -1.62. The van der Waals surface area contributed by atoms with E-state index in [9.17, 15) is 9.00 Å². The molecule has 2 aromatic rings. The number of hydrogen-bond donors (Lipinski definition) is 2. The smallest absolute Gasteiger partial charge is 0.220 e. The Morgan fingerprint density at radius 2 is 2.14 bits per heavy atom. The summed E-state index contributed by atoms with van der Waals surface area (Å²) in [6.45, 7) is 2.39. The maximum atomic E-state index is 11.7. The summed E-state index contributed by atoms with van der Waals surface area (Å²) in [5, 5.41) is 4.06. The molecule has 0 bridgehead atoms. The lowest BCUT2D eigenvalue weighted by atomic mass is 10.1. The summed E-state index contributed by atoms with van der Waals surface area (Å²) in [6.07, 6.45) is 4.24. The average molecular weight is 306 g/mol. The Morgan fingerprint density at radius 3 is 2.95 bits per heavy atom. The summed E-state index contributed by atoms with van der Waals surface area (Å²) >= 11 is 0. The zero-order chi connectivity index (χ0) is 15.1. The van der Waals surface area contributed by atoms with Crippen LogP contribution in [0, 0.1) is 0 Å². The van der Waals surface area contributed by atoms with E-state index in [-0.39, 0.29) is 5.91 Å². The number of fused-ring (bicyclic) bond motifs is 1. The Kier molecular flexibility index (Phi) is 5.99. The number of H-pyrrole nitrogens is 1. The number of aromatic amines is 1. The molecule has 1 atom stereocenters. The van der Waals surface area contributed by atoms with E-state index in [1.165, 1.54) is 10.9 Å². The monoisotopic (exact) mass is 306 g/mol. The molecule has 5 heteroatoms. The van der Waals surface area contributed by atoms with Crippen LogP contribution in [0.1, 0.15) is 25.3 Å². The molecule has 2 N–H and O–H groups in total. The van der Waals surface area contributed by atoms with Gasteiger partial charge in [0.2, 0.25) is 5.91 Å². The molecule has 0 spiro atoms. The zero-order valence-corrected chi connectivity index (χ0v) is 13.2. The molecule has 1 heterocycles. The second-order valence-corrected chi connectivity index (χ2v) is 6.86. The highest BCUT2D eigenvalue weighted by Gasteiger charge is 2.05. The molecule has 4 nitrogen and oxygen atoms in total. The number of carbonyl (C=O) groups excluding carboxylic acids is 1. The second kappa shape index (κ2) is 7.98. The molecule has 21 heavy (non-hydrogen) atoms. The third kappa shape index (κ3) is 4.70. The fourth-order valence-electron chi connectivity index (χ4n) is 2.31. The average Bonchev–Trinajstić information content (AvgIpc) is 2.90. The third-order valence-corrected chi connectivity index (χ3v) is 4.80. The standard InChI is InChI=1S/C16H22N2O2S/c1-2-21(20)11-10-17-16(19)9-5-6-13-12-18-15-8-4-3-7-14(13)15/h3-4,7-8,12,18H,2,5-6,9-11H2,1H3,(H,17,19). The van der Waals surface area contributed by atoms with Crippen LogP contribution in [0.4, 0.5) is 0 Å². The first kappa shape index (κ1) is 15.8. The van der Waals surface area contributed by atoms with Crippen LogP contribution in [0.3, 0.4) is 0 Å². The van der Waals surface area contributed by atoms with Gasteiger partial charge in [-0.25, -0.2) is 0 Å². The minimum absolute atomic E-state index is 0.0444. The molecule has 1 aromatic heterocycles. The van der Waals surface area contributed by atoms with Gasteiger partial charge in [-0.1, -0.05) is 25.1 Å². The van der Waals surface area contributed by atoms with Crippen LogP contribution in [0.2, 0.25) is 0 Å². The van der Waals surface area contributed by atoms with Gasteiger partial charge >= 0.3 is 0 Å². The van der Waals surface area contributed by atoms with Gasteiger partial charge in [0.25, 0.3) is 0 Å². The van der Waals surface area contributed by atoms with Crippen molar-refractivity contribution < 1.29 is 9.00 Å². The number of carbonyl (C=O) groups is 1. The van der Waals surface area contributed by atoms with E-state index in [1.54, 1.807) is 0 Å². The minimum Gasteiger partial charge on any atom is -0.361 e. The summed E-state index contributed by atoms with van der Waals surface area (Å²) in [7, 11) is -0.808. The maximum Gasteiger partial charge on any atom is 0.220 e. The largest absolute Gasteiger partial charge is 0.361 e. The van der Waals surface area contributed by atoms with Crippen molar-refractivity contribution in [2.24, 2.45) is 0 Å². The van der Waals surface area contributed by atoms with Crippen LogP contribution in [-0.4, -0.2) is 33.2 Å². The number of hydrogen-bond acceptors (Lipinski definition) is 2. The van der Waals surface area contributed by atoms with E-state index < -0.39 is 10.8 Å². The van der Waals surface area contributed by atoms with Crippen LogP contribution < -0.4 is 5.32 Å². The van der Waals surface area contributed by atoms with E-state index in [2.05, 4.69) is 22.4 Å². The number of aromatic nitrogens is 1. The molecule has 1 amide bonds. The highest BCUT2D eigenvalue weighted by Crippen LogP contribution is 2.19. The Morgan fingerprint density at radius 1 is 1.33 bits per heavy atom. The molecule has 1 aromatic carbocycles. The molecule has 0 saturated carbocycles. The van der Waals surface area contributed by atoms with Crippen molar-refractivity contribution in [1.29, 1.82) is 0 Å². The predicted octanol–water partition coefficient (Wildman–Crippen LogP) is 2.38. The van der Waals surface area contributed by atoms with Gasteiger partial charge in [0, 0.05) is 52.4 Å². The molecule has 0 aliphatic rings. The molecule has 114 valence electrons. The molecular formula is C16H22N2O2S. The van der Waals surface area contributed by atoms with Crippen LogP contribution in [0.15, 0.2) is 30.5 Å². The zero-order valence-electron chi connectivity index (χ0n) is 12.4. The number of rotatable bonds is 8. The quantitative estimate of drug-likeness (QED) is 0.786. The molecule has 0 aliphatic heterocycles. The van der Waals surface area contributed by atoms with Crippen LogP contribution >= 0.6 is 0 Å². The van der Waals surface area contributed by atoms with E-state index in [0.717, 1.165) is 18.4 Å². The van der Waals surface area contributed by atoms with Crippen molar-refractivity contribution in [3.8, 4) is 0 Å². The normalized spacial score (nSPS) is 12.4. The number of amides is 1. The summed E-state index contributed by atoms with van der Waals surface area (Å²) in [5.41, 5.74) is 2.39. The first-order valence-electron chi connectivity index (χ1n) is 7.37. The van der Waals surface area contributed by atoms with Crippen LogP contribution in [0.25, 0.3) is 10.9 Å². The number of benzene rings is 1. The first-order chi connectivity index (χ1) is 10.2. The van der Waals surface area contributed by atoms with E-state index in [4.69, 9.17) is 0 Å². The summed E-state index contributed by atoms with van der Waals surface area (Å²) in [4.78, 5) is 14.9. The SMILES string of the molecule is CCS(=O)CCNC(=O)CCCc1c[nH]c2ccccc12. The molecule has 2 rings (SSSR count). The Bertz CT molecular complexity index is 622. The van der Waals surface area contributed by atoms with Gasteiger partial charge in [0.05, 0.1) is 0 Å². The van der Waals surface area contributed by atoms with Gasteiger partial charge in [-0.05, 0) is 24.5 Å².